The Labute approximate surface area is 184 Å². The van der Waals surface area contributed by atoms with Crippen LogP contribution in [0, 0.1) is 13.8 Å². The molecular formula is C22H18N2O6S2. The lowest BCUT2D eigenvalue weighted by atomic mass is 10.0. The molecule has 0 saturated carbocycles. The summed E-state index contributed by atoms with van der Waals surface area (Å²) in [4.78, 5) is -0.395. The molecule has 10 heteroatoms. The molecule has 4 aromatic rings. The van der Waals surface area contributed by atoms with Gasteiger partial charge < -0.3 is 0 Å². The maximum atomic E-state index is 11.8. The number of azo groups is 1. The number of fused-ring (bicyclic) bond motifs is 2. The first-order valence-corrected chi connectivity index (χ1v) is 12.3. The van der Waals surface area contributed by atoms with Gasteiger partial charge in [-0.3, -0.25) is 9.11 Å². The minimum atomic E-state index is -4.42. The predicted octanol–water partition coefficient (Wildman–Crippen LogP) is 5.52. The molecule has 0 aliphatic rings. The summed E-state index contributed by atoms with van der Waals surface area (Å²) in [5, 5.41) is 10.5. The van der Waals surface area contributed by atoms with Gasteiger partial charge in [0.25, 0.3) is 20.2 Å². The van der Waals surface area contributed by atoms with Gasteiger partial charge >= 0.3 is 0 Å². The Morgan fingerprint density at radius 1 is 0.656 bits per heavy atom. The van der Waals surface area contributed by atoms with Crippen LogP contribution >= 0.6 is 0 Å². The third-order valence-electron chi connectivity index (χ3n) is 5.24. The summed E-state index contributed by atoms with van der Waals surface area (Å²) in [6.07, 6.45) is 0. The fourth-order valence-electron chi connectivity index (χ4n) is 3.71. The third-order valence-corrected chi connectivity index (χ3v) is 7.05. The molecular weight excluding hydrogens is 452 g/mol. The predicted molar refractivity (Wildman–Crippen MR) is 121 cm³/mol. The lowest BCUT2D eigenvalue weighted by Gasteiger charge is -2.10. The van der Waals surface area contributed by atoms with Crippen molar-refractivity contribution in [2.75, 3.05) is 0 Å². The summed E-state index contributed by atoms with van der Waals surface area (Å²) in [6.45, 7) is 3.43. The number of benzene rings is 4. The zero-order valence-electron chi connectivity index (χ0n) is 17.0. The molecule has 0 spiro atoms. The van der Waals surface area contributed by atoms with Crippen LogP contribution in [0.4, 0.5) is 11.4 Å². The first-order chi connectivity index (χ1) is 15.0. The molecule has 164 valence electrons. The third kappa shape index (κ3) is 3.89. The van der Waals surface area contributed by atoms with Crippen LogP contribution < -0.4 is 0 Å². The lowest BCUT2D eigenvalue weighted by molar-refractivity contribution is 0.482. The van der Waals surface area contributed by atoms with E-state index >= 15 is 0 Å². The zero-order valence-corrected chi connectivity index (χ0v) is 18.6. The van der Waals surface area contributed by atoms with E-state index in [-0.39, 0.29) is 9.79 Å². The molecule has 0 unspecified atom stereocenters. The van der Waals surface area contributed by atoms with Gasteiger partial charge in [-0.15, -0.1) is 5.11 Å². The molecule has 0 aromatic heterocycles. The van der Waals surface area contributed by atoms with Crippen LogP contribution in [0.1, 0.15) is 11.1 Å². The lowest BCUT2D eigenvalue weighted by Crippen LogP contribution is -2.00. The number of rotatable bonds is 4. The van der Waals surface area contributed by atoms with E-state index in [4.69, 9.17) is 0 Å². The minimum Gasteiger partial charge on any atom is -0.282 e. The quantitative estimate of drug-likeness (QED) is 0.298. The maximum Gasteiger partial charge on any atom is 0.295 e. The normalized spacial score (nSPS) is 12.8. The number of aryl methyl sites for hydroxylation is 2. The fraction of sp³-hybridized carbons (Fsp3) is 0.0909. The molecule has 32 heavy (non-hydrogen) atoms. The van der Waals surface area contributed by atoms with Gasteiger partial charge in [0, 0.05) is 16.2 Å². The molecule has 0 atom stereocenters. The SMILES string of the molecule is Cc1cc(S(=O)(=O)O)c2ccccc2c1N=Nc1ccc2c(S(=O)(=O)O)cccc2c1C. The van der Waals surface area contributed by atoms with E-state index in [0.29, 0.717) is 44.0 Å². The van der Waals surface area contributed by atoms with Crippen LogP contribution in [-0.2, 0) is 20.2 Å². The summed E-state index contributed by atoms with van der Waals surface area (Å²) in [5.41, 5.74) is 2.09. The van der Waals surface area contributed by atoms with Crippen molar-refractivity contribution >= 4 is 53.2 Å². The molecule has 0 radical (unpaired) electrons. The van der Waals surface area contributed by atoms with E-state index in [1.54, 1.807) is 56.3 Å². The Balaban J connectivity index is 1.89. The Hall–Kier alpha value is -3.18. The highest BCUT2D eigenvalue weighted by molar-refractivity contribution is 7.86. The Kier molecular flexibility index (Phi) is 5.33. The minimum absolute atomic E-state index is 0.191. The van der Waals surface area contributed by atoms with Crippen molar-refractivity contribution in [1.29, 1.82) is 0 Å². The van der Waals surface area contributed by atoms with E-state index in [1.807, 2.05) is 0 Å². The van der Waals surface area contributed by atoms with Crippen LogP contribution in [0.5, 0.6) is 0 Å². The van der Waals surface area contributed by atoms with Gasteiger partial charge in [0.2, 0.25) is 0 Å². The van der Waals surface area contributed by atoms with Crippen molar-refractivity contribution in [3.05, 3.63) is 71.8 Å². The highest BCUT2D eigenvalue weighted by Gasteiger charge is 2.18. The molecule has 0 saturated heterocycles. The van der Waals surface area contributed by atoms with Crippen molar-refractivity contribution in [2.45, 2.75) is 23.6 Å². The first kappa shape index (κ1) is 22.0. The molecule has 8 nitrogen and oxygen atoms in total. The van der Waals surface area contributed by atoms with Gasteiger partial charge in [-0.25, -0.2) is 0 Å². The molecule has 0 fully saturated rings. The van der Waals surface area contributed by atoms with Crippen LogP contribution in [0.15, 0.2) is 80.7 Å². The summed E-state index contributed by atoms with van der Waals surface area (Å²) in [5.74, 6) is 0. The Morgan fingerprint density at radius 3 is 1.91 bits per heavy atom. The van der Waals surface area contributed by atoms with Gasteiger partial charge in [0.1, 0.15) is 9.79 Å². The zero-order chi connectivity index (χ0) is 23.3. The van der Waals surface area contributed by atoms with E-state index in [2.05, 4.69) is 10.2 Å². The second-order valence-corrected chi connectivity index (χ2v) is 10.1. The van der Waals surface area contributed by atoms with Crippen molar-refractivity contribution in [1.82, 2.24) is 0 Å². The van der Waals surface area contributed by atoms with E-state index in [0.717, 1.165) is 0 Å². The van der Waals surface area contributed by atoms with Gasteiger partial charge in [-0.2, -0.15) is 21.9 Å². The second kappa shape index (κ2) is 7.75. The largest absolute Gasteiger partial charge is 0.295 e. The van der Waals surface area contributed by atoms with Gasteiger partial charge in [0.05, 0.1) is 11.4 Å². The Bertz CT molecular complexity index is 1640. The topological polar surface area (TPSA) is 133 Å². The molecule has 0 aliphatic heterocycles. The van der Waals surface area contributed by atoms with Crippen LogP contribution in [0.2, 0.25) is 0 Å². The van der Waals surface area contributed by atoms with Crippen molar-refractivity contribution in [3.63, 3.8) is 0 Å². The van der Waals surface area contributed by atoms with Gasteiger partial charge in [-0.05, 0) is 48.6 Å². The molecule has 0 heterocycles. The molecule has 2 N–H and O–H groups in total. The summed E-state index contributed by atoms with van der Waals surface area (Å²) >= 11 is 0. The number of hydrogen-bond acceptors (Lipinski definition) is 6. The maximum absolute atomic E-state index is 11.8. The number of hydrogen-bond donors (Lipinski definition) is 2. The van der Waals surface area contributed by atoms with Gasteiger partial charge in [0.15, 0.2) is 0 Å². The van der Waals surface area contributed by atoms with Crippen LogP contribution in [0.3, 0.4) is 0 Å². The first-order valence-electron chi connectivity index (χ1n) is 9.40. The highest BCUT2D eigenvalue weighted by Crippen LogP contribution is 2.37. The summed E-state index contributed by atoms with van der Waals surface area (Å²) in [6, 6.07) is 15.7. The molecule has 0 amide bonds. The molecule has 0 aliphatic carbocycles. The van der Waals surface area contributed by atoms with Gasteiger partial charge in [-0.1, -0.05) is 42.5 Å². The van der Waals surface area contributed by atoms with E-state index in [9.17, 15) is 25.9 Å². The van der Waals surface area contributed by atoms with Crippen molar-refractivity contribution < 1.29 is 25.9 Å². The highest BCUT2D eigenvalue weighted by atomic mass is 32.2. The standard InChI is InChI=1S/C22H18N2O6S2/c1-13-12-21(32(28,29)30)16-6-3-4-7-18(16)22(13)24-23-19-11-10-17-15(14(19)2)8-5-9-20(17)31(25,26)27/h3-12H,1-2H3,(H,25,26,27)(H,28,29,30). The van der Waals surface area contributed by atoms with Crippen LogP contribution in [-0.4, -0.2) is 25.9 Å². The van der Waals surface area contributed by atoms with E-state index in [1.165, 1.54) is 18.2 Å². The monoisotopic (exact) mass is 470 g/mol. The molecule has 4 rings (SSSR count). The van der Waals surface area contributed by atoms with Crippen molar-refractivity contribution in [2.24, 2.45) is 10.2 Å². The Morgan fingerprint density at radius 2 is 1.25 bits per heavy atom. The van der Waals surface area contributed by atoms with E-state index < -0.39 is 20.2 Å². The number of nitrogens with zero attached hydrogens (tertiary/aromatic N) is 2. The molecule has 4 aromatic carbocycles. The second-order valence-electron chi connectivity index (χ2n) is 7.30. The van der Waals surface area contributed by atoms with Crippen LogP contribution in [0.25, 0.3) is 21.5 Å². The average molecular weight is 471 g/mol. The average Bonchev–Trinajstić information content (AvgIpc) is 2.72. The van der Waals surface area contributed by atoms with Crippen molar-refractivity contribution in [3.8, 4) is 0 Å². The smallest absolute Gasteiger partial charge is 0.282 e. The summed E-state index contributed by atoms with van der Waals surface area (Å²) < 4.78 is 66.0. The molecule has 0 bridgehead atoms. The summed E-state index contributed by atoms with van der Waals surface area (Å²) in [7, 11) is -8.81. The fourth-order valence-corrected chi connectivity index (χ4v) is 5.20.